The third-order valence-corrected chi connectivity index (χ3v) is 6.31. The first kappa shape index (κ1) is 15.0. The van der Waals surface area contributed by atoms with Crippen molar-refractivity contribution in [2.24, 2.45) is 5.92 Å². The Morgan fingerprint density at radius 3 is 2.91 bits per heavy atom. The van der Waals surface area contributed by atoms with E-state index in [2.05, 4.69) is 37.7 Å². The summed E-state index contributed by atoms with van der Waals surface area (Å²) in [7, 11) is 0. The molecule has 1 fully saturated rings. The van der Waals surface area contributed by atoms with Gasteiger partial charge in [0.1, 0.15) is 5.01 Å². The first-order valence-corrected chi connectivity index (χ1v) is 9.61. The van der Waals surface area contributed by atoms with E-state index in [4.69, 9.17) is 0 Å². The van der Waals surface area contributed by atoms with Gasteiger partial charge in [0.25, 0.3) is 0 Å². The Morgan fingerprint density at radius 1 is 1.26 bits per heavy atom. The number of piperidine rings is 1. The fourth-order valence-corrected chi connectivity index (χ4v) is 4.80. The van der Waals surface area contributed by atoms with Crippen LogP contribution in [0.3, 0.4) is 0 Å². The number of rotatable bonds is 5. The fraction of sp³-hybridized carbons (Fsp3) is 0.438. The van der Waals surface area contributed by atoms with E-state index < -0.39 is 0 Å². The number of thiazole rings is 1. The minimum absolute atomic E-state index is 0.719. The van der Waals surface area contributed by atoms with Crippen LogP contribution in [0.1, 0.15) is 17.7 Å². The van der Waals surface area contributed by atoms with Crippen LogP contribution < -0.4 is 0 Å². The maximum Gasteiger partial charge on any atom is 0.133 e. The summed E-state index contributed by atoms with van der Waals surface area (Å²) >= 11 is 3.58. The van der Waals surface area contributed by atoms with E-state index in [1.54, 1.807) is 17.5 Å². The molecule has 3 aromatic rings. The van der Waals surface area contributed by atoms with Gasteiger partial charge in [0.15, 0.2) is 0 Å². The highest BCUT2D eigenvalue weighted by atomic mass is 32.1. The van der Waals surface area contributed by atoms with E-state index in [9.17, 15) is 0 Å². The number of hydrogen-bond acceptors (Lipinski definition) is 6. The smallest absolute Gasteiger partial charge is 0.133 e. The van der Waals surface area contributed by atoms with Crippen LogP contribution in [0, 0.1) is 5.92 Å². The minimum atomic E-state index is 0.719. The summed E-state index contributed by atoms with van der Waals surface area (Å²) in [5.74, 6) is 0.719. The summed E-state index contributed by atoms with van der Waals surface area (Å²) in [6.07, 6.45) is 8.22. The van der Waals surface area contributed by atoms with Crippen LogP contribution in [0.15, 0.2) is 36.1 Å². The predicted molar refractivity (Wildman–Crippen MR) is 93.5 cm³/mol. The lowest BCUT2D eigenvalue weighted by atomic mass is 9.97. The molecule has 4 rings (SSSR count). The van der Waals surface area contributed by atoms with E-state index in [1.807, 2.05) is 28.4 Å². The van der Waals surface area contributed by atoms with Crippen molar-refractivity contribution in [3.8, 4) is 9.88 Å². The zero-order chi connectivity index (χ0) is 15.5. The van der Waals surface area contributed by atoms with Crippen LogP contribution in [-0.4, -0.2) is 38.0 Å². The molecule has 7 heteroatoms. The van der Waals surface area contributed by atoms with Gasteiger partial charge in [-0.3, -0.25) is 9.58 Å². The molecule has 0 spiro atoms. The van der Waals surface area contributed by atoms with Crippen molar-refractivity contribution in [3.63, 3.8) is 0 Å². The van der Waals surface area contributed by atoms with Crippen molar-refractivity contribution in [1.29, 1.82) is 0 Å². The average Bonchev–Trinajstić information content (AvgIpc) is 3.31. The lowest BCUT2D eigenvalue weighted by molar-refractivity contribution is 0.165. The van der Waals surface area contributed by atoms with Gasteiger partial charge in [-0.05, 0) is 43.3 Å². The standard InChI is InChI=1S/C16H19N5S2/c1-2-15(22-9-1)16-17-10-14(23-16)12-20-6-3-13(4-7-20)11-21-8-5-18-19-21/h1-2,5,8-10,13H,3-4,6-7,11-12H2. The van der Waals surface area contributed by atoms with E-state index in [0.717, 1.165) is 37.1 Å². The Balaban J connectivity index is 1.29. The Labute approximate surface area is 143 Å². The summed E-state index contributed by atoms with van der Waals surface area (Å²) in [6.45, 7) is 4.34. The highest BCUT2D eigenvalue weighted by Crippen LogP contribution is 2.30. The molecular weight excluding hydrogens is 326 g/mol. The van der Waals surface area contributed by atoms with Gasteiger partial charge in [0, 0.05) is 30.4 Å². The second-order valence-electron chi connectivity index (χ2n) is 5.95. The Hall–Kier alpha value is -1.57. The number of nitrogens with zero attached hydrogens (tertiary/aromatic N) is 5. The molecule has 0 saturated carbocycles. The molecule has 1 saturated heterocycles. The van der Waals surface area contributed by atoms with Crippen LogP contribution in [0.25, 0.3) is 9.88 Å². The maximum atomic E-state index is 4.57. The largest absolute Gasteiger partial charge is 0.298 e. The Bertz CT molecular complexity index is 712. The van der Waals surface area contributed by atoms with Gasteiger partial charge in [-0.1, -0.05) is 11.3 Å². The van der Waals surface area contributed by atoms with Gasteiger partial charge >= 0.3 is 0 Å². The Morgan fingerprint density at radius 2 is 2.17 bits per heavy atom. The van der Waals surface area contributed by atoms with E-state index in [-0.39, 0.29) is 0 Å². The molecule has 0 N–H and O–H groups in total. The highest BCUT2D eigenvalue weighted by Gasteiger charge is 2.20. The van der Waals surface area contributed by atoms with Gasteiger partial charge < -0.3 is 0 Å². The molecular formula is C16H19N5S2. The lowest BCUT2D eigenvalue weighted by Gasteiger charge is -2.31. The first-order valence-electron chi connectivity index (χ1n) is 7.92. The molecule has 4 heterocycles. The van der Waals surface area contributed by atoms with Crippen LogP contribution >= 0.6 is 22.7 Å². The lowest BCUT2D eigenvalue weighted by Crippen LogP contribution is -2.34. The number of hydrogen-bond donors (Lipinski definition) is 0. The number of aromatic nitrogens is 4. The summed E-state index contributed by atoms with van der Waals surface area (Å²) in [6, 6.07) is 4.23. The summed E-state index contributed by atoms with van der Waals surface area (Å²) < 4.78 is 1.96. The highest BCUT2D eigenvalue weighted by molar-refractivity contribution is 7.20. The monoisotopic (exact) mass is 345 g/mol. The van der Waals surface area contributed by atoms with Crippen LogP contribution in [0.5, 0.6) is 0 Å². The minimum Gasteiger partial charge on any atom is -0.298 e. The van der Waals surface area contributed by atoms with Crippen LogP contribution in [0.2, 0.25) is 0 Å². The average molecular weight is 345 g/mol. The molecule has 120 valence electrons. The van der Waals surface area contributed by atoms with Crippen molar-refractivity contribution < 1.29 is 0 Å². The topological polar surface area (TPSA) is 46.8 Å². The predicted octanol–water partition coefficient (Wildman–Crippen LogP) is 3.38. The summed E-state index contributed by atoms with van der Waals surface area (Å²) in [5, 5.41) is 11.2. The third kappa shape index (κ3) is 3.68. The third-order valence-electron chi connectivity index (χ3n) is 4.29. The van der Waals surface area contributed by atoms with Crippen LogP contribution in [0.4, 0.5) is 0 Å². The zero-order valence-electron chi connectivity index (χ0n) is 12.8. The first-order chi connectivity index (χ1) is 11.4. The van der Waals surface area contributed by atoms with Crippen molar-refractivity contribution in [1.82, 2.24) is 24.9 Å². The fourth-order valence-electron chi connectivity index (χ4n) is 3.04. The molecule has 1 aliphatic rings. The SMILES string of the molecule is c1csc(-c2ncc(CN3CCC(Cn4ccnn4)CC3)s2)c1. The summed E-state index contributed by atoms with van der Waals surface area (Å²) in [5.41, 5.74) is 0. The maximum absolute atomic E-state index is 4.57. The zero-order valence-corrected chi connectivity index (χ0v) is 14.5. The normalized spacial score (nSPS) is 16.9. The molecule has 23 heavy (non-hydrogen) atoms. The molecule has 0 aliphatic carbocycles. The molecule has 0 unspecified atom stereocenters. The van der Waals surface area contributed by atoms with Gasteiger partial charge in [-0.25, -0.2) is 4.98 Å². The number of likely N-dealkylation sites (tertiary alicyclic amines) is 1. The molecule has 3 aromatic heterocycles. The van der Waals surface area contributed by atoms with Crippen molar-refractivity contribution in [2.75, 3.05) is 13.1 Å². The molecule has 0 amide bonds. The molecule has 0 bridgehead atoms. The number of thiophene rings is 1. The van der Waals surface area contributed by atoms with Crippen molar-refractivity contribution in [3.05, 3.63) is 41.0 Å². The van der Waals surface area contributed by atoms with Crippen molar-refractivity contribution >= 4 is 22.7 Å². The Kier molecular flexibility index (Phi) is 4.50. The van der Waals surface area contributed by atoms with Crippen LogP contribution in [-0.2, 0) is 13.1 Å². The van der Waals surface area contributed by atoms with Gasteiger partial charge in [0.05, 0.1) is 11.1 Å². The quantitative estimate of drug-likeness (QED) is 0.711. The molecule has 0 radical (unpaired) electrons. The second kappa shape index (κ2) is 6.90. The van der Waals surface area contributed by atoms with Gasteiger partial charge in [-0.15, -0.1) is 27.8 Å². The van der Waals surface area contributed by atoms with Crippen molar-refractivity contribution in [2.45, 2.75) is 25.9 Å². The summed E-state index contributed by atoms with van der Waals surface area (Å²) in [4.78, 5) is 9.75. The van der Waals surface area contributed by atoms with Gasteiger partial charge in [0.2, 0.25) is 0 Å². The van der Waals surface area contributed by atoms with E-state index >= 15 is 0 Å². The molecule has 1 aliphatic heterocycles. The molecule has 0 aromatic carbocycles. The second-order valence-corrected chi connectivity index (χ2v) is 8.02. The molecule has 0 atom stereocenters. The van der Waals surface area contributed by atoms with E-state index in [0.29, 0.717) is 0 Å². The van der Waals surface area contributed by atoms with E-state index in [1.165, 1.54) is 22.6 Å². The molecule has 5 nitrogen and oxygen atoms in total. The van der Waals surface area contributed by atoms with Gasteiger partial charge in [-0.2, -0.15) is 0 Å².